The highest BCUT2D eigenvalue weighted by Crippen LogP contribution is 2.20. The van der Waals surface area contributed by atoms with E-state index in [0.717, 1.165) is 39.3 Å². The number of anilines is 1. The molecule has 1 heterocycles. The van der Waals surface area contributed by atoms with Gasteiger partial charge in [0.1, 0.15) is 0 Å². The first-order chi connectivity index (χ1) is 16.8. The van der Waals surface area contributed by atoms with E-state index in [4.69, 9.17) is 25.1 Å². The number of hydrogen-bond acceptors (Lipinski definition) is 6. The fourth-order valence-electron chi connectivity index (χ4n) is 4.12. The largest absolute Gasteiger partial charge is 0.473 e. The van der Waals surface area contributed by atoms with Crippen LogP contribution >= 0.6 is 0 Å². The number of rotatable bonds is 9. The molecule has 1 saturated heterocycles. The maximum absolute atomic E-state index is 9.10. The Morgan fingerprint density at radius 2 is 1.77 bits per heavy atom. The fourth-order valence-corrected chi connectivity index (χ4v) is 4.12. The Labute approximate surface area is 207 Å². The van der Waals surface area contributed by atoms with Crippen molar-refractivity contribution < 1.29 is 19.8 Å². The number of benzene rings is 2. The third-order valence-corrected chi connectivity index (χ3v) is 6.17. The van der Waals surface area contributed by atoms with E-state index < -0.39 is 11.9 Å². The van der Waals surface area contributed by atoms with Crippen molar-refractivity contribution in [3.63, 3.8) is 0 Å². The number of aryl methyl sites for hydroxylation is 1. The van der Waals surface area contributed by atoms with Crippen LogP contribution in [0.1, 0.15) is 42.9 Å². The van der Waals surface area contributed by atoms with E-state index in [1.807, 2.05) is 0 Å². The molecule has 35 heavy (non-hydrogen) atoms. The first kappa shape index (κ1) is 27.8. The van der Waals surface area contributed by atoms with Crippen molar-refractivity contribution in [1.82, 2.24) is 10.2 Å². The summed E-state index contributed by atoms with van der Waals surface area (Å²) in [6.45, 7) is 10.4. The second-order valence-electron chi connectivity index (χ2n) is 8.63. The topological polar surface area (TPSA) is 117 Å². The molecule has 0 spiro atoms. The molecule has 1 aliphatic rings. The average Bonchev–Trinajstić information content (AvgIpc) is 2.86. The minimum atomic E-state index is -1.82. The lowest BCUT2D eigenvalue weighted by molar-refractivity contribution is -0.159. The molecule has 0 unspecified atom stereocenters. The number of hydrogen-bond donors (Lipinski definition) is 3. The highest BCUT2D eigenvalue weighted by molar-refractivity contribution is 6.27. The molecule has 0 radical (unpaired) electrons. The number of nitrogens with one attached hydrogen (secondary N) is 1. The van der Waals surface area contributed by atoms with E-state index in [-0.39, 0.29) is 0 Å². The van der Waals surface area contributed by atoms with Gasteiger partial charge in [0.2, 0.25) is 0 Å². The van der Waals surface area contributed by atoms with Crippen molar-refractivity contribution in [2.24, 2.45) is 0 Å². The normalized spacial score (nSPS) is 13.9. The Bertz CT molecular complexity index is 970. The highest BCUT2D eigenvalue weighted by atomic mass is 16.4. The molecule has 3 rings (SSSR count). The van der Waals surface area contributed by atoms with Crippen LogP contribution < -0.4 is 10.2 Å². The van der Waals surface area contributed by atoms with E-state index in [9.17, 15) is 0 Å². The summed E-state index contributed by atoms with van der Waals surface area (Å²) in [5.41, 5.74) is 5.33. The summed E-state index contributed by atoms with van der Waals surface area (Å²) in [5.74, 6) is -3.65. The standard InChI is InChI=1S/C25H34N4.C2H2O4/c1-3-29(15-7-14-26)25-11-10-23(21(2)18-25)19-27-24-12-16-28(17-13-24)20-22-8-5-4-6-9-22;3-1(4)2(5)6/h4-6,8-11,18,24,27H,3,7,12-13,15-17,19-20H2,1-2H3;(H,3,4)(H,5,6). The van der Waals surface area contributed by atoms with Crippen LogP contribution in [-0.4, -0.2) is 59.3 Å². The molecule has 188 valence electrons. The van der Waals surface area contributed by atoms with Gasteiger partial charge in [0.15, 0.2) is 0 Å². The summed E-state index contributed by atoms with van der Waals surface area (Å²) >= 11 is 0. The van der Waals surface area contributed by atoms with E-state index in [0.29, 0.717) is 12.5 Å². The average molecular weight is 481 g/mol. The van der Waals surface area contributed by atoms with Crippen LogP contribution in [0.3, 0.4) is 0 Å². The zero-order valence-corrected chi connectivity index (χ0v) is 20.6. The predicted octanol–water partition coefficient (Wildman–Crippen LogP) is 3.64. The quantitative estimate of drug-likeness (QED) is 0.466. The number of likely N-dealkylation sites (tertiary alicyclic amines) is 1. The van der Waals surface area contributed by atoms with Gasteiger partial charge in [-0.2, -0.15) is 5.26 Å². The zero-order valence-electron chi connectivity index (χ0n) is 20.6. The van der Waals surface area contributed by atoms with Gasteiger partial charge in [-0.15, -0.1) is 0 Å². The fraction of sp³-hybridized carbons (Fsp3) is 0.444. The molecule has 0 saturated carbocycles. The van der Waals surface area contributed by atoms with Crippen LogP contribution in [0.15, 0.2) is 48.5 Å². The zero-order chi connectivity index (χ0) is 25.6. The number of piperidine rings is 1. The highest BCUT2D eigenvalue weighted by Gasteiger charge is 2.19. The molecule has 0 amide bonds. The van der Waals surface area contributed by atoms with Crippen molar-refractivity contribution in [3.8, 4) is 6.07 Å². The Kier molecular flexibility index (Phi) is 11.7. The van der Waals surface area contributed by atoms with Crippen LogP contribution in [0.2, 0.25) is 0 Å². The number of nitrogens with zero attached hydrogens (tertiary/aromatic N) is 3. The minimum Gasteiger partial charge on any atom is -0.473 e. The Hall–Kier alpha value is -3.41. The third kappa shape index (κ3) is 9.77. The van der Waals surface area contributed by atoms with Crippen molar-refractivity contribution in [2.45, 2.75) is 52.2 Å². The van der Waals surface area contributed by atoms with Gasteiger partial charge in [-0.25, -0.2) is 9.59 Å². The first-order valence-corrected chi connectivity index (χ1v) is 12.0. The second kappa shape index (κ2) is 14.8. The summed E-state index contributed by atoms with van der Waals surface area (Å²) in [4.78, 5) is 23.0. The van der Waals surface area contributed by atoms with Gasteiger partial charge in [-0.3, -0.25) is 4.90 Å². The van der Waals surface area contributed by atoms with Crippen LogP contribution in [-0.2, 0) is 22.7 Å². The Balaban J connectivity index is 0.000000641. The summed E-state index contributed by atoms with van der Waals surface area (Å²) in [7, 11) is 0. The van der Waals surface area contributed by atoms with E-state index in [2.05, 4.69) is 83.6 Å². The molecule has 0 atom stereocenters. The van der Waals surface area contributed by atoms with Gasteiger partial charge in [-0.05, 0) is 68.6 Å². The Morgan fingerprint density at radius 3 is 2.31 bits per heavy atom. The minimum absolute atomic E-state index is 0.569. The van der Waals surface area contributed by atoms with Crippen LogP contribution in [0.4, 0.5) is 5.69 Å². The van der Waals surface area contributed by atoms with Gasteiger partial charge in [0.25, 0.3) is 0 Å². The van der Waals surface area contributed by atoms with Gasteiger partial charge in [-0.1, -0.05) is 36.4 Å². The molecule has 0 aromatic heterocycles. The molecule has 0 aliphatic carbocycles. The van der Waals surface area contributed by atoms with Crippen LogP contribution in [0.5, 0.6) is 0 Å². The molecule has 1 aliphatic heterocycles. The predicted molar refractivity (Wildman–Crippen MR) is 136 cm³/mol. The lowest BCUT2D eigenvalue weighted by Crippen LogP contribution is -2.41. The third-order valence-electron chi connectivity index (χ3n) is 6.17. The number of carboxylic acids is 2. The Morgan fingerprint density at radius 1 is 1.11 bits per heavy atom. The molecule has 8 heteroatoms. The van der Waals surface area contributed by atoms with Gasteiger partial charge >= 0.3 is 11.9 Å². The monoisotopic (exact) mass is 480 g/mol. The van der Waals surface area contributed by atoms with Crippen LogP contribution in [0, 0.1) is 18.3 Å². The second-order valence-corrected chi connectivity index (χ2v) is 8.63. The molecule has 3 N–H and O–H groups in total. The van der Waals surface area contributed by atoms with Gasteiger partial charge in [0.05, 0.1) is 12.5 Å². The molecule has 2 aromatic rings. The molecule has 2 aromatic carbocycles. The smallest absolute Gasteiger partial charge is 0.414 e. The van der Waals surface area contributed by atoms with Gasteiger partial charge < -0.3 is 20.4 Å². The van der Waals surface area contributed by atoms with Crippen molar-refractivity contribution in [3.05, 3.63) is 65.2 Å². The molecule has 8 nitrogen and oxygen atoms in total. The first-order valence-electron chi connectivity index (χ1n) is 12.0. The van der Waals surface area contributed by atoms with E-state index >= 15 is 0 Å². The lowest BCUT2D eigenvalue weighted by atomic mass is 10.0. The summed E-state index contributed by atoms with van der Waals surface area (Å²) in [6, 6.07) is 20.3. The molecule has 0 bridgehead atoms. The number of carboxylic acid groups (broad SMARTS) is 2. The summed E-state index contributed by atoms with van der Waals surface area (Å²) < 4.78 is 0. The molecule has 1 fully saturated rings. The van der Waals surface area contributed by atoms with Gasteiger partial charge in [0, 0.05) is 37.9 Å². The summed E-state index contributed by atoms with van der Waals surface area (Å²) in [5, 5.41) is 27.4. The number of nitriles is 1. The SMILES string of the molecule is CCN(CCC#N)c1ccc(CNC2CCN(Cc3ccccc3)CC2)c(C)c1.O=C(O)C(=O)O. The maximum atomic E-state index is 9.10. The molecular formula is C27H36N4O4. The van der Waals surface area contributed by atoms with E-state index in [1.165, 1.54) is 35.2 Å². The number of aliphatic carboxylic acids is 2. The lowest BCUT2D eigenvalue weighted by Gasteiger charge is -2.32. The maximum Gasteiger partial charge on any atom is 0.414 e. The van der Waals surface area contributed by atoms with Crippen LogP contribution in [0.25, 0.3) is 0 Å². The van der Waals surface area contributed by atoms with Crippen molar-refractivity contribution >= 4 is 17.6 Å². The van der Waals surface area contributed by atoms with Crippen molar-refractivity contribution in [1.29, 1.82) is 5.26 Å². The van der Waals surface area contributed by atoms with E-state index in [1.54, 1.807) is 0 Å². The number of carbonyl (C=O) groups is 2. The van der Waals surface area contributed by atoms with Crippen molar-refractivity contribution in [2.75, 3.05) is 31.1 Å². The summed E-state index contributed by atoms with van der Waals surface area (Å²) in [6.07, 6.45) is 2.99. The molecular weight excluding hydrogens is 444 g/mol.